The van der Waals surface area contributed by atoms with Crippen LogP contribution in [0.5, 0.6) is 0 Å². The van der Waals surface area contributed by atoms with E-state index in [1.54, 1.807) is 0 Å². The lowest BCUT2D eigenvalue weighted by Crippen LogP contribution is -2.30. The van der Waals surface area contributed by atoms with Crippen molar-refractivity contribution in [2.75, 3.05) is 20.3 Å². The van der Waals surface area contributed by atoms with Crippen molar-refractivity contribution in [1.82, 2.24) is 4.72 Å². The van der Waals surface area contributed by atoms with E-state index in [9.17, 15) is 12.8 Å². The lowest BCUT2D eigenvalue weighted by Gasteiger charge is -2.13. The zero-order valence-corrected chi connectivity index (χ0v) is 11.7. The fraction of sp³-hybridized carbons (Fsp3) is 0.500. The van der Waals surface area contributed by atoms with Gasteiger partial charge in [-0.3, -0.25) is 0 Å². The molecule has 0 spiro atoms. The van der Waals surface area contributed by atoms with Gasteiger partial charge in [-0.25, -0.2) is 17.5 Å². The molecule has 7 heteroatoms. The molecule has 0 aliphatic carbocycles. The van der Waals surface area contributed by atoms with Crippen LogP contribution in [0.4, 0.5) is 4.39 Å². The first-order chi connectivity index (χ1) is 8.90. The molecule has 0 fully saturated rings. The topological polar surface area (TPSA) is 75.6 Å². The van der Waals surface area contributed by atoms with E-state index in [0.717, 1.165) is 12.1 Å². The van der Waals surface area contributed by atoms with Gasteiger partial charge in [0.2, 0.25) is 10.0 Å². The Morgan fingerprint density at radius 2 is 2.16 bits per heavy atom. The molecule has 1 atom stereocenters. The molecule has 0 heterocycles. The standard InChI is InChI=1S/C12H18FNO4S/c1-9(8-18-2)6-14-19(16,17)12-5-10(7-15)3-4-11(12)13/h3-5,9,14-15H,6-8H2,1-2H3. The van der Waals surface area contributed by atoms with E-state index >= 15 is 0 Å². The summed E-state index contributed by atoms with van der Waals surface area (Å²) in [6.07, 6.45) is 0. The first-order valence-electron chi connectivity index (χ1n) is 5.78. The monoisotopic (exact) mass is 291 g/mol. The van der Waals surface area contributed by atoms with Crippen LogP contribution < -0.4 is 4.72 Å². The highest BCUT2D eigenvalue weighted by molar-refractivity contribution is 7.89. The zero-order chi connectivity index (χ0) is 14.5. The highest BCUT2D eigenvalue weighted by Gasteiger charge is 2.20. The molecule has 1 unspecified atom stereocenters. The predicted octanol–water partition coefficient (Wildman–Crippen LogP) is 0.879. The van der Waals surface area contributed by atoms with Crippen molar-refractivity contribution < 1.29 is 22.7 Å². The van der Waals surface area contributed by atoms with Crippen molar-refractivity contribution in [2.45, 2.75) is 18.4 Å². The number of methoxy groups -OCH3 is 1. The van der Waals surface area contributed by atoms with Crippen LogP contribution in [0.2, 0.25) is 0 Å². The minimum Gasteiger partial charge on any atom is -0.392 e. The summed E-state index contributed by atoms with van der Waals surface area (Å²) in [6.45, 7) is 2.02. The summed E-state index contributed by atoms with van der Waals surface area (Å²) in [5.41, 5.74) is 0.340. The normalized spacial score (nSPS) is 13.5. The highest BCUT2D eigenvalue weighted by Crippen LogP contribution is 2.16. The summed E-state index contributed by atoms with van der Waals surface area (Å²) in [4.78, 5) is -0.455. The lowest BCUT2D eigenvalue weighted by molar-refractivity contribution is 0.161. The number of benzene rings is 1. The number of aliphatic hydroxyl groups excluding tert-OH is 1. The predicted molar refractivity (Wildman–Crippen MR) is 68.6 cm³/mol. The molecule has 0 saturated carbocycles. The Morgan fingerprint density at radius 1 is 1.47 bits per heavy atom. The summed E-state index contributed by atoms with van der Waals surface area (Å²) in [6, 6.07) is 3.49. The Balaban J connectivity index is 2.88. The van der Waals surface area contributed by atoms with Gasteiger partial charge in [0, 0.05) is 20.3 Å². The van der Waals surface area contributed by atoms with Crippen LogP contribution in [-0.4, -0.2) is 33.8 Å². The van der Waals surface area contributed by atoms with Crippen molar-refractivity contribution in [3.63, 3.8) is 0 Å². The van der Waals surface area contributed by atoms with Crippen molar-refractivity contribution >= 4 is 10.0 Å². The molecule has 0 radical (unpaired) electrons. The van der Waals surface area contributed by atoms with Gasteiger partial charge in [0.15, 0.2) is 0 Å². The molecule has 0 aliphatic heterocycles. The van der Waals surface area contributed by atoms with Gasteiger partial charge in [-0.1, -0.05) is 13.0 Å². The number of sulfonamides is 1. The summed E-state index contributed by atoms with van der Waals surface area (Å²) >= 11 is 0. The van der Waals surface area contributed by atoms with Gasteiger partial charge in [-0.15, -0.1) is 0 Å². The maximum Gasteiger partial charge on any atom is 0.243 e. The van der Waals surface area contributed by atoms with E-state index in [1.165, 1.54) is 13.2 Å². The molecule has 19 heavy (non-hydrogen) atoms. The van der Waals surface area contributed by atoms with E-state index < -0.39 is 20.7 Å². The third-order valence-electron chi connectivity index (χ3n) is 2.54. The molecule has 0 aromatic heterocycles. The molecule has 108 valence electrons. The second-order valence-electron chi connectivity index (χ2n) is 4.34. The molecule has 1 rings (SSSR count). The number of ether oxygens (including phenoxy) is 1. The first-order valence-corrected chi connectivity index (χ1v) is 7.27. The molecule has 0 amide bonds. The van der Waals surface area contributed by atoms with Crippen LogP contribution in [0.1, 0.15) is 12.5 Å². The van der Waals surface area contributed by atoms with Gasteiger partial charge in [0.05, 0.1) is 6.61 Å². The second-order valence-corrected chi connectivity index (χ2v) is 6.07. The smallest absolute Gasteiger partial charge is 0.243 e. The molecular weight excluding hydrogens is 273 g/mol. The van der Waals surface area contributed by atoms with E-state index in [2.05, 4.69) is 4.72 Å². The van der Waals surface area contributed by atoms with Crippen LogP contribution in [-0.2, 0) is 21.4 Å². The minimum atomic E-state index is -3.93. The Kier molecular flexibility index (Phi) is 5.86. The first kappa shape index (κ1) is 16.0. The van der Waals surface area contributed by atoms with E-state index in [1.807, 2.05) is 6.92 Å². The third-order valence-corrected chi connectivity index (χ3v) is 3.98. The molecule has 5 nitrogen and oxygen atoms in total. The summed E-state index contributed by atoms with van der Waals surface area (Å²) in [5.74, 6) is -0.868. The van der Waals surface area contributed by atoms with Crippen LogP contribution in [0.15, 0.2) is 23.1 Å². The quantitative estimate of drug-likeness (QED) is 0.782. The number of halogens is 1. The maximum absolute atomic E-state index is 13.5. The fourth-order valence-corrected chi connectivity index (χ4v) is 2.82. The van der Waals surface area contributed by atoms with Gasteiger partial charge in [0.1, 0.15) is 10.7 Å². The summed E-state index contributed by atoms with van der Waals surface area (Å²) in [5, 5.41) is 8.95. The van der Waals surface area contributed by atoms with Crippen LogP contribution in [0.25, 0.3) is 0 Å². The van der Waals surface area contributed by atoms with Gasteiger partial charge in [-0.2, -0.15) is 0 Å². The summed E-state index contributed by atoms with van der Waals surface area (Å²) in [7, 11) is -2.41. The zero-order valence-electron chi connectivity index (χ0n) is 10.9. The molecule has 2 N–H and O–H groups in total. The van der Waals surface area contributed by atoms with Crippen molar-refractivity contribution in [3.05, 3.63) is 29.6 Å². The summed E-state index contributed by atoms with van der Waals surface area (Å²) < 4.78 is 44.7. The lowest BCUT2D eigenvalue weighted by atomic mass is 10.2. The van der Waals surface area contributed by atoms with Crippen molar-refractivity contribution in [2.24, 2.45) is 5.92 Å². The largest absolute Gasteiger partial charge is 0.392 e. The van der Waals surface area contributed by atoms with E-state index in [4.69, 9.17) is 9.84 Å². The average molecular weight is 291 g/mol. The number of aliphatic hydroxyl groups is 1. The third kappa shape index (κ3) is 4.54. The Labute approximate surface area is 112 Å². The molecule has 0 aliphatic rings. The maximum atomic E-state index is 13.5. The Morgan fingerprint density at radius 3 is 2.74 bits per heavy atom. The van der Waals surface area contributed by atoms with Crippen LogP contribution in [0.3, 0.4) is 0 Å². The fourth-order valence-electron chi connectivity index (χ4n) is 1.53. The van der Waals surface area contributed by atoms with Crippen LogP contribution >= 0.6 is 0 Å². The number of rotatable bonds is 7. The van der Waals surface area contributed by atoms with Crippen molar-refractivity contribution in [1.29, 1.82) is 0 Å². The van der Waals surface area contributed by atoms with E-state index in [0.29, 0.717) is 12.2 Å². The molecule has 0 saturated heterocycles. The van der Waals surface area contributed by atoms with Gasteiger partial charge < -0.3 is 9.84 Å². The number of nitrogens with one attached hydrogen (secondary N) is 1. The van der Waals surface area contributed by atoms with E-state index in [-0.39, 0.29) is 19.1 Å². The van der Waals surface area contributed by atoms with Gasteiger partial charge in [0.25, 0.3) is 0 Å². The molecular formula is C12H18FNO4S. The number of hydrogen-bond acceptors (Lipinski definition) is 4. The second kappa shape index (κ2) is 6.95. The molecule has 1 aromatic rings. The van der Waals surface area contributed by atoms with Gasteiger partial charge in [-0.05, 0) is 23.6 Å². The van der Waals surface area contributed by atoms with Crippen molar-refractivity contribution in [3.8, 4) is 0 Å². The Hall–Kier alpha value is -1.02. The average Bonchev–Trinajstić information content (AvgIpc) is 2.37. The molecule has 1 aromatic carbocycles. The van der Waals surface area contributed by atoms with Gasteiger partial charge >= 0.3 is 0 Å². The molecule has 0 bridgehead atoms. The highest BCUT2D eigenvalue weighted by atomic mass is 32.2. The SMILES string of the molecule is COCC(C)CNS(=O)(=O)c1cc(CO)ccc1F. The van der Waals surface area contributed by atoms with Crippen LogP contribution in [0, 0.1) is 11.7 Å². The minimum absolute atomic E-state index is 0.0242. The Bertz CT molecular complexity index is 518. The number of hydrogen-bond donors (Lipinski definition) is 2.